The third-order valence-corrected chi connectivity index (χ3v) is 6.37. The van der Waals surface area contributed by atoms with Crippen molar-refractivity contribution in [1.29, 1.82) is 0 Å². The second kappa shape index (κ2) is 9.10. The lowest BCUT2D eigenvalue weighted by atomic mass is 10.0. The van der Waals surface area contributed by atoms with Crippen LogP contribution in [-0.4, -0.2) is 38.8 Å². The molecule has 0 bridgehead atoms. The van der Waals surface area contributed by atoms with E-state index >= 15 is 0 Å². The zero-order valence-electron chi connectivity index (χ0n) is 18.4. The molecule has 1 saturated heterocycles. The average molecular weight is 428 g/mol. The van der Waals surface area contributed by atoms with Crippen LogP contribution < -0.4 is 10.9 Å². The highest BCUT2D eigenvalue weighted by Crippen LogP contribution is 2.20. The van der Waals surface area contributed by atoms with Crippen LogP contribution in [0, 0.1) is 6.92 Å². The topological polar surface area (TPSA) is 66.0 Å². The molecule has 32 heavy (non-hydrogen) atoms. The number of fused-ring (bicyclic) bond motifs is 1. The molecule has 6 nitrogen and oxygen atoms in total. The smallest absolute Gasteiger partial charge is 0.254 e. The van der Waals surface area contributed by atoms with Gasteiger partial charge in [0.2, 0.25) is 0 Å². The molecule has 2 aromatic heterocycles. The van der Waals surface area contributed by atoms with Crippen LogP contribution in [0.2, 0.25) is 0 Å². The number of hydrogen-bond donors (Lipinski definition) is 2. The van der Waals surface area contributed by atoms with Crippen LogP contribution in [-0.2, 0) is 13.1 Å². The maximum Gasteiger partial charge on any atom is 0.254 e. The SMILES string of the molecule is Cc1nn(-c2ccccc2)c2[nH]c(=O)c(CNC3CCN(Cc4ccccc4)CC3)cc12. The Balaban J connectivity index is 1.24. The molecule has 0 spiro atoms. The molecule has 164 valence electrons. The Bertz CT molecular complexity index is 1240. The van der Waals surface area contributed by atoms with Crippen LogP contribution in [0.15, 0.2) is 71.5 Å². The summed E-state index contributed by atoms with van der Waals surface area (Å²) in [5, 5.41) is 9.26. The van der Waals surface area contributed by atoms with Crippen LogP contribution in [0.5, 0.6) is 0 Å². The number of aromatic amines is 1. The highest BCUT2D eigenvalue weighted by Gasteiger charge is 2.20. The molecule has 4 aromatic rings. The minimum Gasteiger partial charge on any atom is -0.310 e. The minimum atomic E-state index is -0.0522. The van der Waals surface area contributed by atoms with Gasteiger partial charge in [-0.2, -0.15) is 5.10 Å². The number of nitrogens with one attached hydrogen (secondary N) is 2. The number of likely N-dealkylation sites (tertiary alicyclic amines) is 1. The fourth-order valence-corrected chi connectivity index (χ4v) is 4.54. The van der Waals surface area contributed by atoms with E-state index < -0.39 is 0 Å². The molecule has 0 aliphatic carbocycles. The summed E-state index contributed by atoms with van der Waals surface area (Å²) in [6.45, 7) is 5.72. The number of nitrogens with zero attached hydrogens (tertiary/aromatic N) is 3. The Morgan fingerprint density at radius 1 is 1.03 bits per heavy atom. The van der Waals surface area contributed by atoms with E-state index in [1.54, 1.807) is 0 Å². The number of hydrogen-bond acceptors (Lipinski definition) is 4. The third kappa shape index (κ3) is 4.38. The predicted octanol–water partition coefficient (Wildman–Crippen LogP) is 3.78. The van der Waals surface area contributed by atoms with Gasteiger partial charge in [-0.25, -0.2) is 4.68 Å². The summed E-state index contributed by atoms with van der Waals surface area (Å²) in [4.78, 5) is 18.4. The normalized spacial score (nSPS) is 15.4. The van der Waals surface area contributed by atoms with Gasteiger partial charge in [0, 0.05) is 30.1 Å². The monoisotopic (exact) mass is 427 g/mol. The van der Waals surface area contributed by atoms with Gasteiger partial charge in [-0.1, -0.05) is 48.5 Å². The molecule has 0 saturated carbocycles. The standard InChI is InChI=1S/C26H29N5O/c1-19-24-16-21(26(32)28-25(24)31(29-19)23-10-6-3-7-11-23)17-27-22-12-14-30(15-13-22)18-20-8-4-2-5-9-20/h2-11,16,22,27H,12-15,17-18H2,1H3,(H,28,32). The predicted molar refractivity (Wildman–Crippen MR) is 128 cm³/mol. The molecule has 2 aromatic carbocycles. The summed E-state index contributed by atoms with van der Waals surface area (Å²) in [7, 11) is 0. The number of para-hydroxylation sites is 1. The largest absolute Gasteiger partial charge is 0.310 e. The Labute approximate surface area is 187 Å². The average Bonchev–Trinajstić information content (AvgIpc) is 3.15. The number of aromatic nitrogens is 3. The Morgan fingerprint density at radius 3 is 2.44 bits per heavy atom. The van der Waals surface area contributed by atoms with Crippen LogP contribution in [0.3, 0.4) is 0 Å². The molecular weight excluding hydrogens is 398 g/mol. The Kier molecular flexibility index (Phi) is 5.88. The molecule has 3 heterocycles. The first-order valence-electron chi connectivity index (χ1n) is 11.3. The third-order valence-electron chi connectivity index (χ3n) is 6.37. The second-order valence-electron chi connectivity index (χ2n) is 8.64. The summed E-state index contributed by atoms with van der Waals surface area (Å²) < 4.78 is 1.81. The van der Waals surface area contributed by atoms with Crippen molar-refractivity contribution in [2.24, 2.45) is 0 Å². The molecule has 1 fully saturated rings. The van der Waals surface area contributed by atoms with Crippen LogP contribution in [0.25, 0.3) is 16.7 Å². The van der Waals surface area contributed by atoms with Crippen LogP contribution >= 0.6 is 0 Å². The lowest BCUT2D eigenvalue weighted by molar-refractivity contribution is 0.190. The van der Waals surface area contributed by atoms with E-state index in [1.807, 2.05) is 48.0 Å². The van der Waals surface area contributed by atoms with Crippen molar-refractivity contribution in [3.05, 3.63) is 93.9 Å². The Morgan fingerprint density at radius 2 is 1.72 bits per heavy atom. The highest BCUT2D eigenvalue weighted by atomic mass is 16.1. The number of aryl methyl sites for hydroxylation is 1. The molecule has 0 radical (unpaired) electrons. The second-order valence-corrected chi connectivity index (χ2v) is 8.64. The zero-order chi connectivity index (χ0) is 21.9. The number of rotatable bonds is 6. The van der Waals surface area contributed by atoms with E-state index in [4.69, 9.17) is 0 Å². The molecule has 1 aliphatic heterocycles. The quantitative estimate of drug-likeness (QED) is 0.492. The first kappa shape index (κ1) is 20.7. The molecule has 0 atom stereocenters. The summed E-state index contributed by atoms with van der Waals surface area (Å²) in [6.07, 6.45) is 2.19. The van der Waals surface area contributed by atoms with Crippen LogP contribution in [0.1, 0.15) is 29.7 Å². The Hall–Kier alpha value is -3.22. The molecule has 2 N–H and O–H groups in total. The van der Waals surface area contributed by atoms with Gasteiger partial charge in [0.25, 0.3) is 5.56 Å². The first-order valence-corrected chi connectivity index (χ1v) is 11.3. The lowest BCUT2D eigenvalue weighted by Gasteiger charge is -2.32. The lowest BCUT2D eigenvalue weighted by Crippen LogP contribution is -2.42. The maximum absolute atomic E-state index is 12.8. The van der Waals surface area contributed by atoms with Crippen molar-refractivity contribution in [2.45, 2.75) is 38.9 Å². The van der Waals surface area contributed by atoms with Gasteiger partial charge in [-0.15, -0.1) is 0 Å². The summed E-state index contributed by atoms with van der Waals surface area (Å²) in [5.41, 5.74) is 4.68. The maximum atomic E-state index is 12.8. The van der Waals surface area contributed by atoms with Gasteiger partial charge < -0.3 is 10.3 Å². The van der Waals surface area contributed by atoms with Crippen molar-refractivity contribution >= 4 is 11.0 Å². The minimum absolute atomic E-state index is 0.0522. The van der Waals surface area contributed by atoms with Gasteiger partial charge in [-0.05, 0) is 56.6 Å². The van der Waals surface area contributed by atoms with E-state index in [0.717, 1.165) is 60.5 Å². The van der Waals surface area contributed by atoms with E-state index in [2.05, 4.69) is 50.6 Å². The molecule has 1 aliphatic rings. The number of benzene rings is 2. The fourth-order valence-electron chi connectivity index (χ4n) is 4.54. The van der Waals surface area contributed by atoms with Crippen molar-refractivity contribution < 1.29 is 0 Å². The zero-order valence-corrected chi connectivity index (χ0v) is 18.4. The number of H-pyrrole nitrogens is 1. The molecular formula is C26H29N5O. The van der Waals surface area contributed by atoms with Crippen LogP contribution in [0.4, 0.5) is 0 Å². The van der Waals surface area contributed by atoms with E-state index in [-0.39, 0.29) is 5.56 Å². The molecule has 6 heteroatoms. The van der Waals surface area contributed by atoms with Gasteiger partial charge in [0.05, 0.1) is 11.4 Å². The van der Waals surface area contributed by atoms with Gasteiger partial charge in [0.15, 0.2) is 0 Å². The highest BCUT2D eigenvalue weighted by molar-refractivity contribution is 5.80. The van der Waals surface area contributed by atoms with Crippen molar-refractivity contribution in [3.8, 4) is 5.69 Å². The van der Waals surface area contributed by atoms with Crippen molar-refractivity contribution in [3.63, 3.8) is 0 Å². The van der Waals surface area contributed by atoms with Crippen molar-refractivity contribution in [2.75, 3.05) is 13.1 Å². The summed E-state index contributed by atoms with van der Waals surface area (Å²) in [5.74, 6) is 0. The number of pyridine rings is 1. The van der Waals surface area contributed by atoms with E-state index in [9.17, 15) is 4.79 Å². The fraction of sp³-hybridized carbons (Fsp3) is 0.308. The molecule has 5 rings (SSSR count). The summed E-state index contributed by atoms with van der Waals surface area (Å²) in [6, 6.07) is 23.0. The number of piperidine rings is 1. The van der Waals surface area contributed by atoms with Gasteiger partial charge in [-0.3, -0.25) is 9.69 Å². The molecule has 0 unspecified atom stereocenters. The van der Waals surface area contributed by atoms with Crippen molar-refractivity contribution in [1.82, 2.24) is 25.0 Å². The van der Waals surface area contributed by atoms with E-state index in [1.165, 1.54) is 5.56 Å². The molecule has 0 amide bonds. The first-order chi connectivity index (χ1) is 15.7. The van der Waals surface area contributed by atoms with E-state index in [0.29, 0.717) is 12.6 Å². The summed E-state index contributed by atoms with van der Waals surface area (Å²) >= 11 is 0. The van der Waals surface area contributed by atoms with Gasteiger partial charge >= 0.3 is 0 Å². The van der Waals surface area contributed by atoms with Gasteiger partial charge in [0.1, 0.15) is 5.65 Å².